The summed E-state index contributed by atoms with van der Waals surface area (Å²) in [6.45, 7) is 1.43. The molecule has 2 aliphatic rings. The van der Waals surface area contributed by atoms with Crippen molar-refractivity contribution in [2.45, 2.75) is 62.1 Å². The van der Waals surface area contributed by atoms with Gasteiger partial charge in [0.2, 0.25) is 0 Å². The first-order chi connectivity index (χ1) is 17.9. The van der Waals surface area contributed by atoms with Crippen molar-refractivity contribution < 1.29 is 22.7 Å². The Balaban J connectivity index is 1.33. The van der Waals surface area contributed by atoms with Crippen LogP contribution in [0.15, 0.2) is 53.8 Å². The summed E-state index contributed by atoms with van der Waals surface area (Å²) in [5, 5.41) is 3.61. The van der Waals surface area contributed by atoms with Crippen molar-refractivity contribution in [2.24, 2.45) is 0 Å². The third-order valence-corrected chi connectivity index (χ3v) is 7.70. The summed E-state index contributed by atoms with van der Waals surface area (Å²) in [6.07, 6.45) is 4.85. The summed E-state index contributed by atoms with van der Waals surface area (Å²) in [5.41, 5.74) is 2.95. The Kier molecular flexibility index (Phi) is 7.66. The standard InChI is InChI=1S/C27H27F3N4O2S/c1-37-26-31-12-17-13-34(14-25(17)32-26)18-7-8-19(20-10-22(29)23(30)11-21(20)28)24(9-18)33-27(35)36-15-16-5-3-2-4-6-16/h2-6,10-12,18-19,24H,7-9,13-15H2,1H3,(H,33,35)/t18?,19-,24+/m1/s1. The Morgan fingerprint density at radius 2 is 1.89 bits per heavy atom. The quantitative estimate of drug-likeness (QED) is 0.257. The third-order valence-electron chi connectivity index (χ3n) is 7.14. The summed E-state index contributed by atoms with van der Waals surface area (Å²) in [6, 6.07) is 10.3. The maximum Gasteiger partial charge on any atom is 0.407 e. The highest BCUT2D eigenvalue weighted by molar-refractivity contribution is 7.98. The van der Waals surface area contributed by atoms with E-state index in [1.165, 1.54) is 11.8 Å². The van der Waals surface area contributed by atoms with Gasteiger partial charge in [0.05, 0.1) is 5.69 Å². The zero-order valence-corrected chi connectivity index (χ0v) is 21.1. The number of hydrogen-bond acceptors (Lipinski definition) is 6. The van der Waals surface area contributed by atoms with Crippen LogP contribution < -0.4 is 5.32 Å². The van der Waals surface area contributed by atoms with E-state index in [4.69, 9.17) is 4.74 Å². The molecule has 0 spiro atoms. The van der Waals surface area contributed by atoms with E-state index in [9.17, 15) is 18.0 Å². The van der Waals surface area contributed by atoms with Gasteiger partial charge in [0.1, 0.15) is 12.4 Å². The first-order valence-electron chi connectivity index (χ1n) is 12.2. The normalized spacial score (nSPS) is 21.5. The number of hydrogen-bond donors (Lipinski definition) is 1. The van der Waals surface area contributed by atoms with Crippen LogP contribution in [-0.2, 0) is 24.4 Å². The predicted octanol–water partition coefficient (Wildman–Crippen LogP) is 5.56. The molecule has 1 unspecified atom stereocenters. The molecule has 0 radical (unpaired) electrons. The van der Waals surface area contributed by atoms with Crippen LogP contribution in [0.4, 0.5) is 18.0 Å². The highest BCUT2D eigenvalue weighted by atomic mass is 32.2. The average Bonchev–Trinajstić information content (AvgIpc) is 3.34. The first-order valence-corrected chi connectivity index (χ1v) is 13.4. The molecule has 2 heterocycles. The van der Waals surface area contributed by atoms with Gasteiger partial charge in [-0.2, -0.15) is 0 Å². The second kappa shape index (κ2) is 11.1. The lowest BCUT2D eigenvalue weighted by Crippen LogP contribution is -2.48. The van der Waals surface area contributed by atoms with E-state index in [-0.39, 0.29) is 18.2 Å². The van der Waals surface area contributed by atoms with Crippen LogP contribution >= 0.6 is 11.8 Å². The lowest BCUT2D eigenvalue weighted by atomic mass is 9.77. The summed E-state index contributed by atoms with van der Waals surface area (Å²) < 4.78 is 47.9. The fraction of sp³-hybridized carbons (Fsp3) is 0.370. The monoisotopic (exact) mass is 528 g/mol. The molecule has 194 valence electrons. The molecule has 0 bridgehead atoms. The van der Waals surface area contributed by atoms with Crippen LogP contribution in [0.2, 0.25) is 0 Å². The van der Waals surface area contributed by atoms with Gasteiger partial charge in [-0.3, -0.25) is 4.90 Å². The molecule has 1 amide bonds. The zero-order valence-electron chi connectivity index (χ0n) is 20.3. The Morgan fingerprint density at radius 1 is 1.11 bits per heavy atom. The van der Waals surface area contributed by atoms with E-state index in [2.05, 4.69) is 20.2 Å². The Hall–Kier alpha value is -3.11. The van der Waals surface area contributed by atoms with Gasteiger partial charge >= 0.3 is 6.09 Å². The molecule has 10 heteroatoms. The van der Waals surface area contributed by atoms with Gasteiger partial charge in [0, 0.05) is 48.9 Å². The van der Waals surface area contributed by atoms with Crippen LogP contribution in [0.1, 0.15) is 47.6 Å². The minimum Gasteiger partial charge on any atom is -0.445 e. The number of aromatic nitrogens is 2. The van der Waals surface area contributed by atoms with Crippen LogP contribution in [-0.4, -0.2) is 39.3 Å². The number of fused-ring (bicyclic) bond motifs is 1. The van der Waals surface area contributed by atoms with E-state index in [0.29, 0.717) is 38.4 Å². The smallest absolute Gasteiger partial charge is 0.407 e. The van der Waals surface area contributed by atoms with Gasteiger partial charge in [-0.05, 0) is 42.7 Å². The molecule has 6 nitrogen and oxygen atoms in total. The van der Waals surface area contributed by atoms with E-state index >= 15 is 0 Å². The zero-order chi connectivity index (χ0) is 25.9. The Bertz CT molecular complexity index is 1280. The van der Waals surface area contributed by atoms with Crippen molar-refractivity contribution in [1.82, 2.24) is 20.2 Å². The average molecular weight is 529 g/mol. The molecule has 1 aliphatic carbocycles. The third kappa shape index (κ3) is 5.75. The number of carbonyl (C=O) groups excluding carboxylic acids is 1. The number of ether oxygens (including phenoxy) is 1. The van der Waals surface area contributed by atoms with E-state index in [1.54, 1.807) is 0 Å². The summed E-state index contributed by atoms with van der Waals surface area (Å²) in [7, 11) is 0. The molecule has 0 saturated heterocycles. The van der Waals surface area contributed by atoms with Crippen molar-refractivity contribution in [3.63, 3.8) is 0 Å². The molecule has 37 heavy (non-hydrogen) atoms. The fourth-order valence-electron chi connectivity index (χ4n) is 5.27. The molecule has 1 fully saturated rings. The molecule has 1 saturated carbocycles. The molecule has 3 atom stereocenters. The maximum atomic E-state index is 14.8. The number of nitrogens with one attached hydrogen (secondary N) is 1. The molecule has 1 N–H and O–H groups in total. The van der Waals surface area contributed by atoms with Gasteiger partial charge in [-0.25, -0.2) is 27.9 Å². The summed E-state index contributed by atoms with van der Waals surface area (Å²) in [4.78, 5) is 24.0. The first kappa shape index (κ1) is 25.5. The van der Waals surface area contributed by atoms with Gasteiger partial charge in [-0.1, -0.05) is 42.1 Å². The molecule has 5 rings (SSSR count). The van der Waals surface area contributed by atoms with Gasteiger partial charge in [-0.15, -0.1) is 0 Å². The van der Waals surface area contributed by atoms with Crippen molar-refractivity contribution in [2.75, 3.05) is 6.26 Å². The molecule has 3 aromatic rings. The lowest BCUT2D eigenvalue weighted by Gasteiger charge is -2.40. The molecular weight excluding hydrogens is 501 g/mol. The van der Waals surface area contributed by atoms with E-state index in [1.807, 2.05) is 42.8 Å². The van der Waals surface area contributed by atoms with Crippen molar-refractivity contribution in [3.8, 4) is 0 Å². The maximum absolute atomic E-state index is 14.8. The topological polar surface area (TPSA) is 67.4 Å². The number of halogens is 3. The molecular formula is C27H27F3N4O2S. The van der Waals surface area contributed by atoms with Gasteiger partial charge in [0.25, 0.3) is 0 Å². The van der Waals surface area contributed by atoms with E-state index in [0.717, 1.165) is 28.0 Å². The van der Waals surface area contributed by atoms with Crippen LogP contribution in [0.25, 0.3) is 0 Å². The van der Waals surface area contributed by atoms with Gasteiger partial charge in [0.15, 0.2) is 16.8 Å². The number of nitrogens with zero attached hydrogens (tertiary/aromatic N) is 3. The molecule has 1 aromatic heterocycles. The Labute approximate surface area is 217 Å². The number of carbonyl (C=O) groups is 1. The molecule has 1 aliphatic heterocycles. The van der Waals surface area contributed by atoms with Crippen molar-refractivity contribution in [3.05, 3.63) is 88.5 Å². The number of rotatable bonds is 6. The van der Waals surface area contributed by atoms with Crippen LogP contribution in [0.5, 0.6) is 0 Å². The minimum absolute atomic E-state index is 0.0610. The number of benzene rings is 2. The van der Waals surface area contributed by atoms with Gasteiger partial charge < -0.3 is 10.1 Å². The highest BCUT2D eigenvalue weighted by Gasteiger charge is 2.38. The Morgan fingerprint density at radius 3 is 2.68 bits per heavy atom. The summed E-state index contributed by atoms with van der Waals surface area (Å²) >= 11 is 1.49. The lowest BCUT2D eigenvalue weighted by molar-refractivity contribution is 0.107. The van der Waals surface area contributed by atoms with E-state index < -0.39 is 35.5 Å². The number of alkyl carbamates (subject to hydrolysis) is 1. The fourth-order valence-corrected chi connectivity index (χ4v) is 5.63. The SMILES string of the molecule is CSc1ncc2c(n1)CN(C1CC[C@H](c3cc(F)c(F)cc3F)[C@@H](NC(=O)OCc3ccccc3)C1)C2. The minimum atomic E-state index is -1.23. The van der Waals surface area contributed by atoms with Crippen molar-refractivity contribution in [1.29, 1.82) is 0 Å². The predicted molar refractivity (Wildman–Crippen MR) is 133 cm³/mol. The summed E-state index contributed by atoms with van der Waals surface area (Å²) in [5.74, 6) is -3.69. The van der Waals surface area contributed by atoms with Crippen LogP contribution in [0.3, 0.4) is 0 Å². The second-order valence-corrected chi connectivity index (χ2v) is 10.2. The number of thioether (sulfide) groups is 1. The van der Waals surface area contributed by atoms with Crippen LogP contribution in [0, 0.1) is 17.5 Å². The second-order valence-electron chi connectivity index (χ2n) is 9.41. The highest BCUT2D eigenvalue weighted by Crippen LogP contribution is 2.39. The largest absolute Gasteiger partial charge is 0.445 e. The number of amides is 1. The molecule has 2 aromatic carbocycles. The van der Waals surface area contributed by atoms with Crippen molar-refractivity contribution >= 4 is 17.9 Å².